The van der Waals surface area contributed by atoms with Crippen molar-refractivity contribution < 1.29 is 9.90 Å². The van der Waals surface area contributed by atoms with Gasteiger partial charge in [-0.15, -0.1) is 0 Å². The van der Waals surface area contributed by atoms with E-state index in [1.807, 2.05) is 17.7 Å². The van der Waals surface area contributed by atoms with Crippen molar-refractivity contribution in [1.82, 2.24) is 15.1 Å². The molecule has 0 bridgehead atoms. The number of aromatic nitrogens is 2. The van der Waals surface area contributed by atoms with Crippen molar-refractivity contribution in [2.45, 2.75) is 39.8 Å². The number of carboxylic acids is 1. The first kappa shape index (κ1) is 12.7. The fourth-order valence-corrected chi connectivity index (χ4v) is 1.60. The van der Waals surface area contributed by atoms with Crippen molar-refractivity contribution in [2.24, 2.45) is 0 Å². The number of aryl methyl sites for hydroxylation is 2. The summed E-state index contributed by atoms with van der Waals surface area (Å²) in [6.45, 7) is 6.36. The Labute approximate surface area is 95.5 Å². The van der Waals surface area contributed by atoms with E-state index in [0.717, 1.165) is 31.0 Å². The molecule has 0 saturated heterocycles. The molecule has 0 amide bonds. The van der Waals surface area contributed by atoms with Gasteiger partial charge >= 0.3 is 5.97 Å². The van der Waals surface area contributed by atoms with Gasteiger partial charge in [0.1, 0.15) is 0 Å². The molecule has 0 spiro atoms. The molecule has 1 rings (SSSR count). The van der Waals surface area contributed by atoms with Crippen LogP contribution in [0.5, 0.6) is 0 Å². The van der Waals surface area contributed by atoms with Gasteiger partial charge in [-0.2, -0.15) is 5.10 Å². The van der Waals surface area contributed by atoms with Crippen molar-refractivity contribution in [3.05, 3.63) is 17.5 Å². The largest absolute Gasteiger partial charge is 0.481 e. The predicted octanol–water partition coefficient (Wildman–Crippen LogP) is 1.17. The van der Waals surface area contributed by atoms with Gasteiger partial charge in [0.15, 0.2) is 0 Å². The van der Waals surface area contributed by atoms with Crippen molar-refractivity contribution in [3.8, 4) is 0 Å². The molecule has 0 aliphatic rings. The van der Waals surface area contributed by atoms with Crippen LogP contribution < -0.4 is 5.32 Å². The first-order valence-corrected chi connectivity index (χ1v) is 5.59. The maximum Gasteiger partial charge on any atom is 0.303 e. The number of nitrogens with one attached hydrogen (secondary N) is 1. The van der Waals surface area contributed by atoms with Crippen LogP contribution in [0, 0.1) is 6.92 Å². The lowest BCUT2D eigenvalue weighted by Gasteiger charge is -2.05. The van der Waals surface area contributed by atoms with Crippen LogP contribution in [0.15, 0.2) is 6.07 Å². The molecule has 0 atom stereocenters. The summed E-state index contributed by atoms with van der Waals surface area (Å²) in [6, 6.07) is 2.05. The van der Waals surface area contributed by atoms with E-state index in [1.54, 1.807) is 0 Å². The lowest BCUT2D eigenvalue weighted by molar-refractivity contribution is -0.137. The fourth-order valence-electron chi connectivity index (χ4n) is 1.60. The summed E-state index contributed by atoms with van der Waals surface area (Å²) in [7, 11) is 0. The van der Waals surface area contributed by atoms with Gasteiger partial charge in [0.25, 0.3) is 0 Å². The van der Waals surface area contributed by atoms with E-state index >= 15 is 0 Å². The molecule has 0 aromatic carbocycles. The summed E-state index contributed by atoms with van der Waals surface area (Å²) in [5.74, 6) is -0.740. The number of hydrogen-bond donors (Lipinski definition) is 2. The van der Waals surface area contributed by atoms with E-state index in [0.29, 0.717) is 6.42 Å². The highest BCUT2D eigenvalue weighted by Gasteiger charge is 2.03. The van der Waals surface area contributed by atoms with E-state index in [-0.39, 0.29) is 6.42 Å². The maximum absolute atomic E-state index is 10.3. The Morgan fingerprint density at radius 2 is 2.38 bits per heavy atom. The highest BCUT2D eigenvalue weighted by molar-refractivity contribution is 5.66. The van der Waals surface area contributed by atoms with Gasteiger partial charge in [-0.25, -0.2) is 0 Å². The first-order chi connectivity index (χ1) is 7.63. The second kappa shape index (κ2) is 6.27. The third-order valence-electron chi connectivity index (χ3n) is 2.34. The Morgan fingerprint density at radius 3 is 3.00 bits per heavy atom. The molecule has 0 saturated carbocycles. The van der Waals surface area contributed by atoms with Crippen molar-refractivity contribution in [3.63, 3.8) is 0 Å². The minimum Gasteiger partial charge on any atom is -0.481 e. The molecule has 0 unspecified atom stereocenters. The van der Waals surface area contributed by atoms with Gasteiger partial charge in [0.05, 0.1) is 11.4 Å². The Morgan fingerprint density at radius 1 is 1.62 bits per heavy atom. The van der Waals surface area contributed by atoms with Crippen LogP contribution in [0.1, 0.15) is 31.2 Å². The number of aliphatic carboxylic acids is 1. The van der Waals surface area contributed by atoms with Gasteiger partial charge < -0.3 is 10.4 Å². The van der Waals surface area contributed by atoms with E-state index in [9.17, 15) is 4.79 Å². The summed E-state index contributed by atoms with van der Waals surface area (Å²) < 4.78 is 1.96. The topological polar surface area (TPSA) is 67.2 Å². The molecule has 0 aliphatic heterocycles. The Kier molecular flexibility index (Phi) is 4.98. The second-order valence-corrected chi connectivity index (χ2v) is 3.77. The highest BCUT2D eigenvalue weighted by Crippen LogP contribution is 2.03. The molecular formula is C11H19N3O2. The van der Waals surface area contributed by atoms with Crippen molar-refractivity contribution in [1.29, 1.82) is 0 Å². The van der Waals surface area contributed by atoms with Gasteiger partial charge in [-0.1, -0.05) is 0 Å². The van der Waals surface area contributed by atoms with Crippen LogP contribution in [-0.2, 0) is 17.9 Å². The third kappa shape index (κ3) is 4.02. The molecule has 90 valence electrons. The monoisotopic (exact) mass is 225 g/mol. The van der Waals surface area contributed by atoms with E-state index < -0.39 is 5.97 Å². The molecule has 2 N–H and O–H groups in total. The van der Waals surface area contributed by atoms with Gasteiger partial charge in [-0.3, -0.25) is 9.48 Å². The zero-order chi connectivity index (χ0) is 12.0. The van der Waals surface area contributed by atoms with Gasteiger partial charge in [0, 0.05) is 19.5 Å². The Balaban J connectivity index is 2.28. The molecule has 0 aliphatic carbocycles. The highest BCUT2D eigenvalue weighted by atomic mass is 16.4. The average molecular weight is 225 g/mol. The molecule has 1 aromatic heterocycles. The minimum atomic E-state index is -0.740. The summed E-state index contributed by atoms with van der Waals surface area (Å²) in [4.78, 5) is 10.3. The summed E-state index contributed by atoms with van der Waals surface area (Å²) >= 11 is 0. The Bertz CT molecular complexity index is 347. The van der Waals surface area contributed by atoms with Crippen LogP contribution in [0.25, 0.3) is 0 Å². The number of nitrogens with zero attached hydrogens (tertiary/aromatic N) is 2. The number of carbonyl (C=O) groups is 1. The van der Waals surface area contributed by atoms with Crippen LogP contribution in [0.3, 0.4) is 0 Å². The number of rotatable bonds is 7. The van der Waals surface area contributed by atoms with Crippen LogP contribution in [0.4, 0.5) is 0 Å². The normalized spacial score (nSPS) is 10.6. The standard InChI is InChI=1S/C11H19N3O2/c1-3-14-10(7-9(2)13-14)8-12-6-4-5-11(15)16/h7,12H,3-6,8H2,1-2H3,(H,15,16). The summed E-state index contributed by atoms with van der Waals surface area (Å²) in [6.07, 6.45) is 0.883. The first-order valence-electron chi connectivity index (χ1n) is 5.59. The molecule has 0 fully saturated rings. The lowest BCUT2D eigenvalue weighted by Crippen LogP contribution is -2.18. The molecule has 16 heavy (non-hydrogen) atoms. The molecule has 0 radical (unpaired) electrons. The summed E-state index contributed by atoms with van der Waals surface area (Å²) in [5, 5.41) is 16.0. The molecule has 1 aromatic rings. The maximum atomic E-state index is 10.3. The average Bonchev–Trinajstić information content (AvgIpc) is 2.58. The quantitative estimate of drug-likeness (QED) is 0.683. The van der Waals surface area contributed by atoms with Crippen molar-refractivity contribution >= 4 is 5.97 Å². The zero-order valence-electron chi connectivity index (χ0n) is 9.86. The molecular weight excluding hydrogens is 206 g/mol. The van der Waals surface area contributed by atoms with Crippen LogP contribution in [-0.4, -0.2) is 27.4 Å². The van der Waals surface area contributed by atoms with Gasteiger partial charge in [0.2, 0.25) is 0 Å². The summed E-state index contributed by atoms with van der Waals surface area (Å²) in [5.41, 5.74) is 2.17. The van der Waals surface area contributed by atoms with E-state index in [2.05, 4.69) is 17.3 Å². The van der Waals surface area contributed by atoms with E-state index in [4.69, 9.17) is 5.11 Å². The van der Waals surface area contributed by atoms with Crippen LogP contribution in [0.2, 0.25) is 0 Å². The number of carboxylic acid groups (broad SMARTS) is 1. The van der Waals surface area contributed by atoms with Gasteiger partial charge in [-0.05, 0) is 32.9 Å². The van der Waals surface area contributed by atoms with E-state index in [1.165, 1.54) is 0 Å². The lowest BCUT2D eigenvalue weighted by atomic mass is 10.3. The fraction of sp³-hybridized carbons (Fsp3) is 0.636. The zero-order valence-corrected chi connectivity index (χ0v) is 9.86. The molecule has 1 heterocycles. The molecule has 5 heteroatoms. The second-order valence-electron chi connectivity index (χ2n) is 3.77. The third-order valence-corrected chi connectivity index (χ3v) is 2.34. The van der Waals surface area contributed by atoms with Crippen molar-refractivity contribution in [2.75, 3.05) is 6.54 Å². The molecule has 5 nitrogen and oxygen atoms in total. The number of hydrogen-bond acceptors (Lipinski definition) is 3. The van der Waals surface area contributed by atoms with Crippen LogP contribution >= 0.6 is 0 Å². The predicted molar refractivity (Wildman–Crippen MR) is 61.2 cm³/mol. The SMILES string of the molecule is CCn1nc(C)cc1CNCCCC(=O)O. The minimum absolute atomic E-state index is 0.221. The smallest absolute Gasteiger partial charge is 0.303 e. The Hall–Kier alpha value is -1.36.